The molecule has 1 aromatic heterocycles. The van der Waals surface area contributed by atoms with Crippen molar-refractivity contribution in [2.45, 2.75) is 51.8 Å². The van der Waals surface area contributed by atoms with Gasteiger partial charge in [0, 0.05) is 32.4 Å². The van der Waals surface area contributed by atoms with Crippen LogP contribution in [0, 0.1) is 0 Å². The van der Waals surface area contributed by atoms with Crippen LogP contribution >= 0.6 is 0 Å². The molecule has 102 valence electrons. The van der Waals surface area contributed by atoms with Crippen LogP contribution in [0.4, 0.5) is 0 Å². The second-order valence-corrected chi connectivity index (χ2v) is 5.18. The van der Waals surface area contributed by atoms with Crippen molar-refractivity contribution >= 4 is 0 Å². The molecule has 4 heteroatoms. The average Bonchev–Trinajstić information content (AvgIpc) is 2.85. The summed E-state index contributed by atoms with van der Waals surface area (Å²) in [5.41, 5.74) is 1.16. The molecular weight excluding hydrogens is 226 g/mol. The van der Waals surface area contributed by atoms with Crippen LogP contribution in [0.2, 0.25) is 0 Å². The maximum atomic E-state index is 5.75. The Morgan fingerprint density at radius 1 is 1.50 bits per heavy atom. The van der Waals surface area contributed by atoms with Gasteiger partial charge in [0.1, 0.15) is 0 Å². The second-order valence-electron chi connectivity index (χ2n) is 5.18. The molecule has 1 fully saturated rings. The van der Waals surface area contributed by atoms with Gasteiger partial charge in [-0.3, -0.25) is 4.68 Å². The molecule has 0 N–H and O–H groups in total. The van der Waals surface area contributed by atoms with Crippen LogP contribution in [0.1, 0.15) is 38.3 Å². The molecule has 1 aliphatic rings. The van der Waals surface area contributed by atoms with Gasteiger partial charge in [-0.25, -0.2) is 0 Å². The highest BCUT2D eigenvalue weighted by Crippen LogP contribution is 2.16. The largest absolute Gasteiger partial charge is 0.378 e. The van der Waals surface area contributed by atoms with Gasteiger partial charge in [0.25, 0.3) is 0 Å². The van der Waals surface area contributed by atoms with E-state index in [1.165, 1.54) is 19.3 Å². The SMILES string of the molecule is CCn1ccc(CN(C)CC[C@H]2CCCCO2)n1. The molecule has 0 aliphatic carbocycles. The van der Waals surface area contributed by atoms with Gasteiger partial charge in [-0.15, -0.1) is 0 Å². The first kappa shape index (κ1) is 13.6. The smallest absolute Gasteiger partial charge is 0.0764 e. The van der Waals surface area contributed by atoms with Gasteiger partial charge in [-0.05, 0) is 45.7 Å². The number of aromatic nitrogens is 2. The molecule has 1 aromatic rings. The molecule has 1 saturated heterocycles. The Labute approximate surface area is 110 Å². The number of ether oxygens (including phenoxy) is 1. The summed E-state index contributed by atoms with van der Waals surface area (Å²) in [4.78, 5) is 2.33. The van der Waals surface area contributed by atoms with Crippen LogP contribution in [0.15, 0.2) is 12.3 Å². The zero-order valence-corrected chi connectivity index (χ0v) is 11.6. The predicted octanol–water partition coefficient (Wildman–Crippen LogP) is 2.29. The van der Waals surface area contributed by atoms with E-state index in [2.05, 4.69) is 30.0 Å². The molecule has 0 spiro atoms. The fraction of sp³-hybridized carbons (Fsp3) is 0.786. The van der Waals surface area contributed by atoms with Crippen molar-refractivity contribution in [3.63, 3.8) is 0 Å². The first-order valence-corrected chi connectivity index (χ1v) is 7.10. The van der Waals surface area contributed by atoms with Gasteiger partial charge in [-0.1, -0.05) is 0 Å². The molecule has 2 rings (SSSR count). The van der Waals surface area contributed by atoms with Crippen LogP contribution in [0.25, 0.3) is 0 Å². The molecule has 0 bridgehead atoms. The van der Waals surface area contributed by atoms with Crippen molar-refractivity contribution < 1.29 is 4.74 Å². The Balaban J connectivity index is 1.69. The van der Waals surface area contributed by atoms with Crippen LogP contribution in [-0.4, -0.2) is 41.0 Å². The average molecular weight is 251 g/mol. The molecule has 0 aromatic carbocycles. The third kappa shape index (κ3) is 4.10. The summed E-state index contributed by atoms with van der Waals surface area (Å²) in [5.74, 6) is 0. The first-order chi connectivity index (χ1) is 8.78. The van der Waals surface area contributed by atoms with E-state index >= 15 is 0 Å². The fourth-order valence-electron chi connectivity index (χ4n) is 2.42. The minimum atomic E-state index is 0.481. The molecule has 0 unspecified atom stereocenters. The van der Waals surface area contributed by atoms with Crippen molar-refractivity contribution in [1.82, 2.24) is 14.7 Å². The van der Waals surface area contributed by atoms with E-state index in [-0.39, 0.29) is 0 Å². The van der Waals surface area contributed by atoms with Gasteiger partial charge in [0.2, 0.25) is 0 Å². The Hall–Kier alpha value is -0.870. The highest BCUT2D eigenvalue weighted by Gasteiger charge is 2.14. The highest BCUT2D eigenvalue weighted by atomic mass is 16.5. The summed E-state index contributed by atoms with van der Waals surface area (Å²) < 4.78 is 7.73. The normalized spacial score (nSPS) is 20.5. The number of aryl methyl sites for hydroxylation is 1. The molecular formula is C14H25N3O. The molecule has 1 atom stereocenters. The zero-order valence-electron chi connectivity index (χ0n) is 11.6. The lowest BCUT2D eigenvalue weighted by Crippen LogP contribution is -2.26. The Bertz CT molecular complexity index is 345. The summed E-state index contributed by atoms with van der Waals surface area (Å²) in [6, 6.07) is 2.11. The topological polar surface area (TPSA) is 30.3 Å². The summed E-state index contributed by atoms with van der Waals surface area (Å²) in [6.07, 6.45) is 7.47. The second kappa shape index (κ2) is 6.90. The molecule has 0 radical (unpaired) electrons. The van der Waals surface area contributed by atoms with E-state index in [0.717, 1.165) is 38.4 Å². The Morgan fingerprint density at radius 3 is 3.06 bits per heavy atom. The van der Waals surface area contributed by atoms with Gasteiger partial charge in [-0.2, -0.15) is 5.10 Å². The van der Waals surface area contributed by atoms with Crippen LogP contribution in [-0.2, 0) is 17.8 Å². The summed E-state index contributed by atoms with van der Waals surface area (Å²) in [7, 11) is 2.16. The van der Waals surface area contributed by atoms with Crippen molar-refractivity contribution in [1.29, 1.82) is 0 Å². The fourth-order valence-corrected chi connectivity index (χ4v) is 2.42. The monoisotopic (exact) mass is 251 g/mol. The zero-order chi connectivity index (χ0) is 12.8. The minimum absolute atomic E-state index is 0.481. The van der Waals surface area contributed by atoms with E-state index in [9.17, 15) is 0 Å². The van der Waals surface area contributed by atoms with Gasteiger partial charge in [0.15, 0.2) is 0 Å². The standard InChI is InChI=1S/C14H25N3O/c1-3-17-10-7-13(15-17)12-16(2)9-8-14-6-4-5-11-18-14/h7,10,14H,3-6,8-9,11-12H2,1-2H3/t14-/m1/s1. The third-order valence-electron chi connectivity index (χ3n) is 3.56. The molecule has 1 aliphatic heterocycles. The predicted molar refractivity (Wildman–Crippen MR) is 72.4 cm³/mol. The van der Waals surface area contributed by atoms with Crippen LogP contribution in [0.5, 0.6) is 0 Å². The van der Waals surface area contributed by atoms with E-state index in [1.54, 1.807) is 0 Å². The Morgan fingerprint density at radius 2 is 2.39 bits per heavy atom. The molecule has 0 saturated carbocycles. The Kier molecular flexibility index (Phi) is 5.20. The number of rotatable bonds is 6. The van der Waals surface area contributed by atoms with Crippen molar-refractivity contribution in [2.24, 2.45) is 0 Å². The van der Waals surface area contributed by atoms with Gasteiger partial charge >= 0.3 is 0 Å². The highest BCUT2D eigenvalue weighted by molar-refractivity contribution is 4.98. The lowest BCUT2D eigenvalue weighted by atomic mass is 10.1. The summed E-state index contributed by atoms with van der Waals surface area (Å²) in [6.45, 7) is 6.03. The quantitative estimate of drug-likeness (QED) is 0.777. The third-order valence-corrected chi connectivity index (χ3v) is 3.56. The molecule has 4 nitrogen and oxygen atoms in total. The van der Waals surface area contributed by atoms with E-state index < -0.39 is 0 Å². The van der Waals surface area contributed by atoms with Crippen LogP contribution < -0.4 is 0 Å². The van der Waals surface area contributed by atoms with Gasteiger partial charge < -0.3 is 9.64 Å². The van der Waals surface area contributed by atoms with E-state index in [4.69, 9.17) is 4.74 Å². The lowest BCUT2D eigenvalue weighted by molar-refractivity contribution is 0.00635. The van der Waals surface area contributed by atoms with Crippen molar-refractivity contribution in [2.75, 3.05) is 20.2 Å². The molecule has 0 amide bonds. The van der Waals surface area contributed by atoms with Gasteiger partial charge in [0.05, 0.1) is 11.8 Å². The summed E-state index contributed by atoms with van der Waals surface area (Å²) >= 11 is 0. The lowest BCUT2D eigenvalue weighted by Gasteiger charge is -2.24. The molecule has 2 heterocycles. The minimum Gasteiger partial charge on any atom is -0.378 e. The summed E-state index contributed by atoms with van der Waals surface area (Å²) in [5, 5.41) is 4.51. The van der Waals surface area contributed by atoms with Crippen molar-refractivity contribution in [3.05, 3.63) is 18.0 Å². The number of hydrogen-bond donors (Lipinski definition) is 0. The number of nitrogens with zero attached hydrogens (tertiary/aromatic N) is 3. The van der Waals surface area contributed by atoms with Crippen molar-refractivity contribution in [3.8, 4) is 0 Å². The van der Waals surface area contributed by atoms with E-state index in [0.29, 0.717) is 6.10 Å². The molecule has 18 heavy (non-hydrogen) atoms. The first-order valence-electron chi connectivity index (χ1n) is 7.10. The van der Waals surface area contributed by atoms with E-state index in [1.807, 2.05) is 10.9 Å². The number of hydrogen-bond acceptors (Lipinski definition) is 3. The maximum absolute atomic E-state index is 5.75. The van der Waals surface area contributed by atoms with Crippen LogP contribution in [0.3, 0.4) is 0 Å². The maximum Gasteiger partial charge on any atom is 0.0764 e.